The van der Waals surface area contributed by atoms with Crippen LogP contribution >= 0.6 is 0 Å². The Morgan fingerprint density at radius 2 is 2.00 bits per heavy atom. The molecule has 0 radical (unpaired) electrons. The molecule has 3 nitrogen and oxygen atoms in total. The molecule has 3 rings (SSSR count). The Morgan fingerprint density at radius 1 is 1.23 bits per heavy atom. The van der Waals surface area contributed by atoms with Crippen LogP contribution < -0.4 is 10.1 Å². The molecule has 0 aromatic heterocycles. The summed E-state index contributed by atoms with van der Waals surface area (Å²) in [6.45, 7) is 1.85. The molecule has 1 N–H and O–H groups in total. The number of hydrogen-bond donors (Lipinski definition) is 1. The molecule has 0 fully saturated rings. The summed E-state index contributed by atoms with van der Waals surface area (Å²) in [5.41, 5.74) is 3.85. The van der Waals surface area contributed by atoms with Crippen molar-refractivity contribution >= 4 is 10.8 Å². The van der Waals surface area contributed by atoms with Crippen LogP contribution in [0.2, 0.25) is 0 Å². The Bertz CT molecular complexity index is 685. The minimum Gasteiger partial charge on any atom is -0.495 e. The summed E-state index contributed by atoms with van der Waals surface area (Å²) in [4.78, 5) is 0.787. The molecular formula is C18H21NO2S. The molecule has 116 valence electrons. The lowest BCUT2D eigenvalue weighted by molar-refractivity contribution is 0.403. The summed E-state index contributed by atoms with van der Waals surface area (Å²) in [5.74, 6) is 1.02. The number of hydrogen-bond acceptors (Lipinski definition) is 3. The second kappa shape index (κ2) is 6.63. The molecule has 0 aliphatic carbocycles. The molecule has 2 atom stereocenters. The minimum atomic E-state index is -1.05. The number of methoxy groups -OCH3 is 1. The topological polar surface area (TPSA) is 38.3 Å². The van der Waals surface area contributed by atoms with Crippen molar-refractivity contribution in [1.29, 1.82) is 0 Å². The summed E-state index contributed by atoms with van der Waals surface area (Å²) in [6.07, 6.45) is 2.65. The first-order valence-electron chi connectivity index (χ1n) is 7.50. The summed E-state index contributed by atoms with van der Waals surface area (Å²) in [5, 5.41) is 3.51. The zero-order valence-corrected chi connectivity index (χ0v) is 13.8. The monoisotopic (exact) mass is 315 g/mol. The quantitative estimate of drug-likeness (QED) is 0.946. The average Bonchev–Trinajstić information content (AvgIpc) is 2.76. The van der Waals surface area contributed by atoms with E-state index >= 15 is 0 Å². The van der Waals surface area contributed by atoms with Gasteiger partial charge < -0.3 is 10.1 Å². The smallest absolute Gasteiger partial charge is 0.135 e. The second-order valence-corrected chi connectivity index (χ2v) is 6.92. The maximum Gasteiger partial charge on any atom is 0.135 e. The van der Waals surface area contributed by atoms with Crippen molar-refractivity contribution in [1.82, 2.24) is 5.32 Å². The maximum atomic E-state index is 12.0. The van der Waals surface area contributed by atoms with E-state index in [9.17, 15) is 4.21 Å². The highest BCUT2D eigenvalue weighted by molar-refractivity contribution is 7.84. The van der Waals surface area contributed by atoms with Crippen molar-refractivity contribution in [2.24, 2.45) is 0 Å². The van der Waals surface area contributed by atoms with Crippen LogP contribution in [0.1, 0.15) is 22.6 Å². The molecule has 0 saturated heterocycles. The molecule has 0 bridgehead atoms. The Kier molecular flexibility index (Phi) is 4.60. The number of fused-ring (bicyclic) bond motifs is 1. The molecule has 0 saturated carbocycles. The molecule has 0 spiro atoms. The maximum absolute atomic E-state index is 12.0. The van der Waals surface area contributed by atoms with Crippen molar-refractivity contribution in [3.8, 4) is 5.75 Å². The number of benzene rings is 2. The van der Waals surface area contributed by atoms with Gasteiger partial charge in [-0.25, -0.2) is 0 Å². The van der Waals surface area contributed by atoms with Crippen LogP contribution in [0, 0.1) is 0 Å². The van der Waals surface area contributed by atoms with Gasteiger partial charge in [-0.15, -0.1) is 0 Å². The third-order valence-electron chi connectivity index (χ3n) is 4.23. The van der Waals surface area contributed by atoms with E-state index in [4.69, 9.17) is 4.74 Å². The lowest BCUT2D eigenvalue weighted by Gasteiger charge is -2.20. The molecule has 1 heterocycles. The van der Waals surface area contributed by atoms with Crippen molar-refractivity contribution in [3.63, 3.8) is 0 Å². The van der Waals surface area contributed by atoms with Gasteiger partial charge >= 0.3 is 0 Å². The van der Waals surface area contributed by atoms with Crippen molar-refractivity contribution in [2.45, 2.75) is 17.2 Å². The van der Waals surface area contributed by atoms with Gasteiger partial charge in [0.15, 0.2) is 0 Å². The predicted octanol–water partition coefficient (Wildman–Crippen LogP) is 2.71. The Labute approximate surface area is 134 Å². The lowest BCUT2D eigenvalue weighted by atomic mass is 9.88. The van der Waals surface area contributed by atoms with Crippen molar-refractivity contribution in [2.75, 3.05) is 26.5 Å². The molecule has 1 aliphatic heterocycles. The van der Waals surface area contributed by atoms with Crippen LogP contribution in [0.5, 0.6) is 5.75 Å². The highest BCUT2D eigenvalue weighted by Crippen LogP contribution is 2.35. The van der Waals surface area contributed by atoms with Gasteiger partial charge in [0.25, 0.3) is 0 Å². The average molecular weight is 315 g/mol. The highest BCUT2D eigenvalue weighted by atomic mass is 32.2. The third-order valence-corrected chi connectivity index (χ3v) is 5.17. The Balaban J connectivity index is 2.14. The zero-order chi connectivity index (χ0) is 15.5. The van der Waals surface area contributed by atoms with Crippen LogP contribution in [0.4, 0.5) is 0 Å². The van der Waals surface area contributed by atoms with Gasteiger partial charge in [-0.3, -0.25) is 4.21 Å². The van der Waals surface area contributed by atoms with Gasteiger partial charge in [0.2, 0.25) is 0 Å². The summed E-state index contributed by atoms with van der Waals surface area (Å²) in [6, 6.07) is 14.7. The van der Waals surface area contributed by atoms with Crippen molar-refractivity contribution in [3.05, 3.63) is 59.2 Å². The fourth-order valence-corrected chi connectivity index (χ4v) is 3.84. The first-order chi connectivity index (χ1) is 10.7. The lowest BCUT2D eigenvalue weighted by Crippen LogP contribution is -2.20. The normalized spacial score (nSPS) is 19.1. The Morgan fingerprint density at radius 3 is 2.68 bits per heavy atom. The van der Waals surface area contributed by atoms with Crippen LogP contribution in [-0.4, -0.2) is 30.7 Å². The van der Waals surface area contributed by atoms with Crippen LogP contribution in [0.3, 0.4) is 0 Å². The van der Waals surface area contributed by atoms with Crippen LogP contribution in [0.25, 0.3) is 0 Å². The molecule has 0 amide bonds. The van der Waals surface area contributed by atoms with Gasteiger partial charge in [0.1, 0.15) is 5.75 Å². The fourth-order valence-electron chi connectivity index (χ4n) is 3.10. The highest BCUT2D eigenvalue weighted by Gasteiger charge is 2.23. The van der Waals surface area contributed by atoms with E-state index in [0.717, 1.165) is 30.2 Å². The SMILES string of the molecule is COc1cc2c(cc1S(C)=O)CCNCC2c1ccccc1. The van der Waals surface area contributed by atoms with E-state index in [1.165, 1.54) is 16.7 Å². The van der Waals surface area contributed by atoms with E-state index in [1.807, 2.05) is 6.07 Å². The first-order valence-corrected chi connectivity index (χ1v) is 9.06. The standard InChI is InChI=1S/C18H21NO2S/c1-21-17-11-15-14(10-18(17)22(2)20)8-9-19-12-16(15)13-6-4-3-5-7-13/h3-7,10-11,16,19H,8-9,12H2,1-2H3. The molecule has 2 aromatic carbocycles. The van der Waals surface area contributed by atoms with Gasteiger partial charge in [-0.2, -0.15) is 0 Å². The van der Waals surface area contributed by atoms with E-state index in [2.05, 4.69) is 41.7 Å². The molecular weight excluding hydrogens is 294 g/mol. The minimum absolute atomic E-state index is 0.298. The molecule has 2 unspecified atom stereocenters. The van der Waals surface area contributed by atoms with Crippen molar-refractivity contribution < 1.29 is 8.95 Å². The van der Waals surface area contributed by atoms with Crippen LogP contribution in [0.15, 0.2) is 47.4 Å². The number of ether oxygens (including phenoxy) is 1. The predicted molar refractivity (Wildman–Crippen MR) is 90.2 cm³/mol. The van der Waals surface area contributed by atoms with E-state index in [-0.39, 0.29) is 0 Å². The third kappa shape index (κ3) is 2.94. The van der Waals surface area contributed by atoms with E-state index < -0.39 is 10.8 Å². The largest absolute Gasteiger partial charge is 0.495 e. The summed E-state index contributed by atoms with van der Waals surface area (Å²) >= 11 is 0. The summed E-state index contributed by atoms with van der Waals surface area (Å²) < 4.78 is 17.4. The molecule has 2 aromatic rings. The first kappa shape index (κ1) is 15.3. The summed E-state index contributed by atoms with van der Waals surface area (Å²) in [7, 11) is 0.598. The van der Waals surface area contributed by atoms with E-state index in [1.54, 1.807) is 13.4 Å². The van der Waals surface area contributed by atoms with Gasteiger partial charge in [-0.1, -0.05) is 30.3 Å². The number of rotatable bonds is 3. The Hall–Kier alpha value is -1.65. The van der Waals surface area contributed by atoms with Gasteiger partial charge in [0.05, 0.1) is 22.8 Å². The number of nitrogens with one attached hydrogen (secondary N) is 1. The van der Waals surface area contributed by atoms with Gasteiger partial charge in [0, 0.05) is 18.7 Å². The van der Waals surface area contributed by atoms with E-state index in [0.29, 0.717) is 5.92 Å². The zero-order valence-electron chi connectivity index (χ0n) is 13.0. The van der Waals surface area contributed by atoms with Crippen LogP contribution in [-0.2, 0) is 17.2 Å². The second-order valence-electron chi connectivity index (χ2n) is 5.57. The molecule has 1 aliphatic rings. The molecule has 22 heavy (non-hydrogen) atoms. The molecule has 4 heteroatoms. The van der Waals surface area contributed by atoms with Gasteiger partial charge in [-0.05, 0) is 41.8 Å². The fraction of sp³-hybridized carbons (Fsp3) is 0.333.